The Morgan fingerprint density at radius 1 is 1.28 bits per heavy atom. The van der Waals surface area contributed by atoms with Gasteiger partial charge in [0.1, 0.15) is 0 Å². The Morgan fingerprint density at radius 2 is 1.89 bits per heavy atom. The summed E-state index contributed by atoms with van der Waals surface area (Å²) in [4.78, 5) is 0.253. The standard InChI is InChI=1S/C12H17Br2NO2S/c1-4-12(2,3)8-15-18(16,17)11-7-9(13)5-6-10(11)14/h5-7,15H,4,8H2,1-3H3. The van der Waals surface area contributed by atoms with Crippen molar-refractivity contribution in [2.45, 2.75) is 32.1 Å². The molecule has 0 aromatic heterocycles. The molecule has 1 aromatic carbocycles. The minimum atomic E-state index is -3.48. The van der Waals surface area contributed by atoms with Crippen molar-refractivity contribution in [1.29, 1.82) is 0 Å². The quantitative estimate of drug-likeness (QED) is 0.816. The zero-order valence-corrected chi connectivity index (χ0v) is 14.6. The maximum atomic E-state index is 12.2. The molecule has 1 aromatic rings. The molecule has 0 unspecified atom stereocenters. The summed E-state index contributed by atoms with van der Waals surface area (Å²) in [6.45, 7) is 6.53. The maximum absolute atomic E-state index is 12.2. The van der Waals surface area contributed by atoms with Crippen LogP contribution in [0, 0.1) is 5.41 Å². The highest BCUT2D eigenvalue weighted by atomic mass is 79.9. The van der Waals surface area contributed by atoms with Gasteiger partial charge in [-0.3, -0.25) is 0 Å². The van der Waals surface area contributed by atoms with Crippen molar-refractivity contribution in [3.05, 3.63) is 27.1 Å². The SMILES string of the molecule is CCC(C)(C)CNS(=O)(=O)c1cc(Br)ccc1Br. The van der Waals surface area contributed by atoms with Gasteiger partial charge in [0, 0.05) is 15.5 Å². The zero-order valence-electron chi connectivity index (χ0n) is 10.6. The van der Waals surface area contributed by atoms with Gasteiger partial charge in [-0.1, -0.05) is 36.7 Å². The van der Waals surface area contributed by atoms with Crippen molar-refractivity contribution >= 4 is 41.9 Å². The fourth-order valence-electron chi connectivity index (χ4n) is 1.18. The molecule has 1 rings (SSSR count). The Kier molecular flexibility index (Phi) is 5.41. The molecule has 0 aliphatic rings. The van der Waals surface area contributed by atoms with Crippen LogP contribution >= 0.6 is 31.9 Å². The third kappa shape index (κ3) is 4.33. The Labute approximate surface area is 126 Å². The monoisotopic (exact) mass is 397 g/mol. The summed E-state index contributed by atoms with van der Waals surface area (Å²) >= 11 is 6.54. The number of rotatable bonds is 5. The van der Waals surface area contributed by atoms with Crippen LogP contribution in [-0.4, -0.2) is 15.0 Å². The predicted molar refractivity (Wildman–Crippen MR) is 81.1 cm³/mol. The highest BCUT2D eigenvalue weighted by molar-refractivity contribution is 9.11. The van der Waals surface area contributed by atoms with Gasteiger partial charge in [-0.15, -0.1) is 0 Å². The van der Waals surface area contributed by atoms with Crippen molar-refractivity contribution < 1.29 is 8.42 Å². The lowest BCUT2D eigenvalue weighted by molar-refractivity contribution is 0.350. The molecule has 0 saturated carbocycles. The van der Waals surface area contributed by atoms with Gasteiger partial charge >= 0.3 is 0 Å². The summed E-state index contributed by atoms with van der Waals surface area (Å²) in [7, 11) is -3.48. The van der Waals surface area contributed by atoms with Gasteiger partial charge in [0.05, 0.1) is 4.90 Å². The number of hydrogen-bond acceptors (Lipinski definition) is 2. The number of sulfonamides is 1. The fourth-order valence-corrected chi connectivity index (χ4v) is 3.92. The highest BCUT2D eigenvalue weighted by Gasteiger charge is 2.22. The number of hydrogen-bond donors (Lipinski definition) is 1. The highest BCUT2D eigenvalue weighted by Crippen LogP contribution is 2.26. The summed E-state index contributed by atoms with van der Waals surface area (Å²) in [6.07, 6.45) is 0.912. The minimum Gasteiger partial charge on any atom is -0.211 e. The van der Waals surface area contributed by atoms with Crippen LogP contribution in [-0.2, 0) is 10.0 Å². The second-order valence-corrected chi connectivity index (χ2v) is 8.42. The third-order valence-electron chi connectivity index (χ3n) is 2.88. The summed E-state index contributed by atoms with van der Waals surface area (Å²) in [6, 6.07) is 5.09. The van der Waals surface area contributed by atoms with Crippen LogP contribution in [0.15, 0.2) is 32.0 Å². The molecule has 0 atom stereocenters. The average molecular weight is 399 g/mol. The smallest absolute Gasteiger partial charge is 0.211 e. The molecule has 18 heavy (non-hydrogen) atoms. The van der Waals surface area contributed by atoms with Crippen LogP contribution < -0.4 is 4.72 Å². The molecular formula is C12H17Br2NO2S. The van der Waals surface area contributed by atoms with E-state index in [1.54, 1.807) is 18.2 Å². The van der Waals surface area contributed by atoms with Crippen LogP contribution in [0.1, 0.15) is 27.2 Å². The molecule has 0 radical (unpaired) electrons. The summed E-state index contributed by atoms with van der Waals surface area (Å²) in [5.41, 5.74) is -0.0500. The van der Waals surface area contributed by atoms with Gasteiger partial charge in [0.15, 0.2) is 0 Å². The first-order valence-corrected chi connectivity index (χ1v) is 8.69. The largest absolute Gasteiger partial charge is 0.241 e. The van der Waals surface area contributed by atoms with E-state index in [0.29, 0.717) is 11.0 Å². The van der Waals surface area contributed by atoms with Gasteiger partial charge in [0.2, 0.25) is 10.0 Å². The number of halogens is 2. The molecule has 0 heterocycles. The second-order valence-electron chi connectivity index (χ2n) is 4.92. The summed E-state index contributed by atoms with van der Waals surface area (Å²) < 4.78 is 28.4. The molecular weight excluding hydrogens is 382 g/mol. The molecule has 102 valence electrons. The lowest BCUT2D eigenvalue weighted by Crippen LogP contribution is -2.33. The van der Waals surface area contributed by atoms with Crippen molar-refractivity contribution in [2.24, 2.45) is 5.41 Å². The van der Waals surface area contributed by atoms with E-state index in [2.05, 4.69) is 36.6 Å². The van der Waals surface area contributed by atoms with E-state index in [0.717, 1.165) is 10.9 Å². The fraction of sp³-hybridized carbons (Fsp3) is 0.500. The Hall–Kier alpha value is 0.0900. The van der Waals surface area contributed by atoms with Crippen LogP contribution in [0.3, 0.4) is 0 Å². The van der Waals surface area contributed by atoms with E-state index < -0.39 is 10.0 Å². The second kappa shape index (κ2) is 6.03. The maximum Gasteiger partial charge on any atom is 0.241 e. The van der Waals surface area contributed by atoms with E-state index >= 15 is 0 Å². The number of nitrogens with one attached hydrogen (secondary N) is 1. The molecule has 0 aliphatic carbocycles. The lowest BCUT2D eigenvalue weighted by atomic mass is 9.91. The normalized spacial score (nSPS) is 12.7. The molecule has 0 aliphatic heterocycles. The first-order chi connectivity index (χ1) is 8.18. The molecule has 0 fully saturated rings. The van der Waals surface area contributed by atoms with E-state index in [1.165, 1.54) is 0 Å². The number of benzene rings is 1. The van der Waals surface area contributed by atoms with Crippen LogP contribution in [0.5, 0.6) is 0 Å². The summed E-state index contributed by atoms with van der Waals surface area (Å²) in [5, 5.41) is 0. The topological polar surface area (TPSA) is 46.2 Å². The van der Waals surface area contributed by atoms with Gasteiger partial charge in [0.25, 0.3) is 0 Å². The first kappa shape index (κ1) is 16.1. The van der Waals surface area contributed by atoms with Gasteiger partial charge in [-0.05, 0) is 46.0 Å². The van der Waals surface area contributed by atoms with E-state index in [-0.39, 0.29) is 10.3 Å². The molecule has 3 nitrogen and oxygen atoms in total. The van der Waals surface area contributed by atoms with E-state index in [1.807, 2.05) is 20.8 Å². The average Bonchev–Trinajstić information content (AvgIpc) is 2.30. The van der Waals surface area contributed by atoms with Gasteiger partial charge < -0.3 is 0 Å². The van der Waals surface area contributed by atoms with Crippen molar-refractivity contribution in [2.75, 3.05) is 6.54 Å². The Morgan fingerprint density at radius 3 is 2.44 bits per heavy atom. The van der Waals surface area contributed by atoms with E-state index in [9.17, 15) is 8.42 Å². The Balaban J connectivity index is 2.97. The van der Waals surface area contributed by atoms with Gasteiger partial charge in [-0.2, -0.15) is 0 Å². The molecule has 0 saturated heterocycles. The molecule has 1 N–H and O–H groups in total. The lowest BCUT2D eigenvalue weighted by Gasteiger charge is -2.23. The molecule has 0 amide bonds. The summed E-state index contributed by atoms with van der Waals surface area (Å²) in [5.74, 6) is 0. The van der Waals surface area contributed by atoms with Crippen LogP contribution in [0.2, 0.25) is 0 Å². The Bertz CT molecular complexity index is 527. The molecule has 0 bridgehead atoms. The first-order valence-electron chi connectivity index (χ1n) is 5.63. The van der Waals surface area contributed by atoms with Crippen LogP contribution in [0.25, 0.3) is 0 Å². The van der Waals surface area contributed by atoms with Crippen molar-refractivity contribution in [1.82, 2.24) is 4.72 Å². The molecule has 0 spiro atoms. The van der Waals surface area contributed by atoms with Crippen molar-refractivity contribution in [3.63, 3.8) is 0 Å². The predicted octanol–water partition coefficient (Wildman–Crippen LogP) is 3.93. The van der Waals surface area contributed by atoms with E-state index in [4.69, 9.17) is 0 Å². The third-order valence-corrected chi connectivity index (χ3v) is 5.77. The van der Waals surface area contributed by atoms with Gasteiger partial charge in [-0.25, -0.2) is 13.1 Å². The minimum absolute atomic E-state index is 0.0500. The zero-order chi connectivity index (χ0) is 14.0. The molecule has 6 heteroatoms. The van der Waals surface area contributed by atoms with Crippen LogP contribution in [0.4, 0.5) is 0 Å². The van der Waals surface area contributed by atoms with Crippen molar-refractivity contribution in [3.8, 4) is 0 Å².